The lowest BCUT2D eigenvalue weighted by molar-refractivity contribution is -0.124. The smallest absolute Gasteiger partial charge is 0.243 e. The van der Waals surface area contributed by atoms with Gasteiger partial charge in [0, 0.05) is 17.7 Å². The molecule has 1 aromatic rings. The first kappa shape index (κ1) is 17.2. The van der Waals surface area contributed by atoms with Gasteiger partial charge < -0.3 is 15.7 Å². The van der Waals surface area contributed by atoms with Gasteiger partial charge in [0.15, 0.2) is 0 Å². The van der Waals surface area contributed by atoms with Crippen LogP contribution in [0.3, 0.4) is 0 Å². The number of amides is 2. The van der Waals surface area contributed by atoms with E-state index in [1.54, 1.807) is 31.2 Å². The minimum atomic E-state index is -0.665. The van der Waals surface area contributed by atoms with Crippen molar-refractivity contribution in [1.29, 1.82) is 0 Å². The van der Waals surface area contributed by atoms with E-state index in [0.717, 1.165) is 6.42 Å². The van der Waals surface area contributed by atoms with Gasteiger partial charge >= 0.3 is 0 Å². The Morgan fingerprint density at radius 1 is 1.14 bits per heavy atom. The molecule has 3 N–H and O–H groups in total. The molecular weight excluding hydrogens is 268 g/mol. The minimum Gasteiger partial charge on any atom is -0.389 e. The third kappa shape index (κ3) is 6.40. The fourth-order valence-electron chi connectivity index (χ4n) is 1.86. The van der Waals surface area contributed by atoms with Gasteiger partial charge in [0.1, 0.15) is 0 Å². The van der Waals surface area contributed by atoms with Crippen LogP contribution in [0.25, 0.3) is 0 Å². The molecule has 0 spiro atoms. The zero-order valence-corrected chi connectivity index (χ0v) is 12.8. The average molecular weight is 292 g/mol. The van der Waals surface area contributed by atoms with Gasteiger partial charge in [0.05, 0.1) is 12.6 Å². The van der Waals surface area contributed by atoms with Gasteiger partial charge in [-0.15, -0.1) is 0 Å². The van der Waals surface area contributed by atoms with Crippen molar-refractivity contribution in [3.8, 4) is 0 Å². The lowest BCUT2D eigenvalue weighted by Gasteiger charge is -2.13. The largest absolute Gasteiger partial charge is 0.389 e. The highest BCUT2D eigenvalue weighted by Gasteiger charge is 2.11. The highest BCUT2D eigenvalue weighted by atomic mass is 16.3. The molecule has 1 rings (SSSR count). The summed E-state index contributed by atoms with van der Waals surface area (Å²) >= 11 is 0. The molecule has 1 atom stereocenters. The van der Waals surface area contributed by atoms with Crippen molar-refractivity contribution in [3.63, 3.8) is 0 Å². The lowest BCUT2D eigenvalue weighted by Crippen LogP contribution is -2.33. The standard InChI is InChI=1S/C16H24N2O3/c1-11(2)8-9-15(20)17-10-16(21)18-14-7-5-4-6-13(14)12(3)19/h4-7,11-12,19H,8-10H2,1-3H3,(H,17,20)(H,18,21). The quantitative estimate of drug-likeness (QED) is 0.721. The molecule has 0 aliphatic rings. The second-order valence-corrected chi connectivity index (χ2v) is 5.52. The number of benzene rings is 1. The third-order valence-electron chi connectivity index (χ3n) is 3.08. The van der Waals surface area contributed by atoms with Crippen LogP contribution in [0.5, 0.6) is 0 Å². The molecule has 5 heteroatoms. The van der Waals surface area contributed by atoms with Gasteiger partial charge in [-0.25, -0.2) is 0 Å². The Kier molecular flexibility index (Phi) is 6.88. The molecule has 0 aromatic heterocycles. The molecule has 0 heterocycles. The van der Waals surface area contributed by atoms with E-state index in [1.807, 2.05) is 13.8 Å². The number of anilines is 1. The second kappa shape index (κ2) is 8.42. The summed E-state index contributed by atoms with van der Waals surface area (Å²) in [6.45, 7) is 5.67. The maximum Gasteiger partial charge on any atom is 0.243 e. The number of hydrogen-bond acceptors (Lipinski definition) is 3. The highest BCUT2D eigenvalue weighted by Crippen LogP contribution is 2.21. The van der Waals surface area contributed by atoms with Crippen LogP contribution >= 0.6 is 0 Å². The first-order valence-corrected chi connectivity index (χ1v) is 7.23. The van der Waals surface area contributed by atoms with Gasteiger partial charge in [-0.05, 0) is 25.3 Å². The molecule has 0 saturated carbocycles. The van der Waals surface area contributed by atoms with Gasteiger partial charge in [-0.2, -0.15) is 0 Å². The predicted octanol–water partition coefficient (Wildman–Crippen LogP) is 2.23. The number of rotatable bonds is 7. The number of hydrogen-bond donors (Lipinski definition) is 3. The van der Waals surface area contributed by atoms with Crippen molar-refractivity contribution in [2.45, 2.75) is 39.7 Å². The van der Waals surface area contributed by atoms with Crippen LogP contribution in [-0.2, 0) is 9.59 Å². The molecule has 21 heavy (non-hydrogen) atoms. The van der Waals surface area contributed by atoms with Crippen molar-refractivity contribution in [1.82, 2.24) is 5.32 Å². The molecule has 0 aliphatic carbocycles. The summed E-state index contributed by atoms with van der Waals surface area (Å²) in [4.78, 5) is 23.4. The topological polar surface area (TPSA) is 78.4 Å². The van der Waals surface area contributed by atoms with Crippen LogP contribution in [0.4, 0.5) is 5.69 Å². The summed E-state index contributed by atoms with van der Waals surface area (Å²) in [7, 11) is 0. The number of aliphatic hydroxyl groups excluding tert-OH is 1. The number of aliphatic hydroxyl groups is 1. The highest BCUT2D eigenvalue weighted by molar-refractivity contribution is 5.95. The zero-order valence-electron chi connectivity index (χ0n) is 12.8. The Morgan fingerprint density at radius 2 is 1.81 bits per heavy atom. The maximum absolute atomic E-state index is 11.8. The van der Waals surface area contributed by atoms with E-state index in [0.29, 0.717) is 23.6 Å². The molecule has 0 bridgehead atoms. The summed E-state index contributed by atoms with van der Waals surface area (Å²) < 4.78 is 0. The molecule has 1 aromatic carbocycles. The van der Waals surface area contributed by atoms with Gasteiger partial charge in [-0.1, -0.05) is 32.0 Å². The second-order valence-electron chi connectivity index (χ2n) is 5.52. The van der Waals surface area contributed by atoms with Crippen LogP contribution in [0.2, 0.25) is 0 Å². The third-order valence-corrected chi connectivity index (χ3v) is 3.08. The molecule has 0 saturated heterocycles. The van der Waals surface area contributed by atoms with Gasteiger partial charge in [0.25, 0.3) is 0 Å². The van der Waals surface area contributed by atoms with E-state index >= 15 is 0 Å². The Balaban J connectivity index is 2.46. The van der Waals surface area contributed by atoms with Gasteiger partial charge in [0.2, 0.25) is 11.8 Å². The summed E-state index contributed by atoms with van der Waals surface area (Å²) in [5.74, 6) is 0.0335. The summed E-state index contributed by atoms with van der Waals surface area (Å²) in [6, 6.07) is 7.05. The van der Waals surface area contributed by atoms with E-state index in [9.17, 15) is 14.7 Å². The lowest BCUT2D eigenvalue weighted by atomic mass is 10.1. The summed E-state index contributed by atoms with van der Waals surface area (Å²) in [5, 5.41) is 14.9. The van der Waals surface area contributed by atoms with Crippen molar-refractivity contribution >= 4 is 17.5 Å². The van der Waals surface area contributed by atoms with Crippen molar-refractivity contribution in [2.75, 3.05) is 11.9 Å². The van der Waals surface area contributed by atoms with Crippen LogP contribution < -0.4 is 10.6 Å². The molecule has 0 aliphatic heterocycles. The zero-order chi connectivity index (χ0) is 15.8. The molecule has 1 unspecified atom stereocenters. The fourth-order valence-corrected chi connectivity index (χ4v) is 1.86. The van der Waals surface area contributed by atoms with Crippen LogP contribution in [0.15, 0.2) is 24.3 Å². The van der Waals surface area contributed by atoms with Crippen LogP contribution in [0.1, 0.15) is 45.3 Å². The Morgan fingerprint density at radius 3 is 2.43 bits per heavy atom. The molecular formula is C16H24N2O3. The Labute approximate surface area is 125 Å². The van der Waals surface area contributed by atoms with Crippen LogP contribution in [0, 0.1) is 5.92 Å². The minimum absolute atomic E-state index is 0.0644. The van der Waals surface area contributed by atoms with Crippen molar-refractivity contribution in [2.24, 2.45) is 5.92 Å². The summed E-state index contributed by atoms with van der Waals surface area (Å²) in [5.41, 5.74) is 1.21. The normalized spacial score (nSPS) is 12.0. The first-order valence-electron chi connectivity index (χ1n) is 7.23. The summed E-state index contributed by atoms with van der Waals surface area (Å²) in [6.07, 6.45) is 0.565. The maximum atomic E-state index is 11.8. The van der Waals surface area contributed by atoms with Crippen LogP contribution in [-0.4, -0.2) is 23.5 Å². The SMILES string of the molecule is CC(C)CCC(=O)NCC(=O)Nc1ccccc1C(C)O. The van der Waals surface area contributed by atoms with Crippen molar-refractivity contribution < 1.29 is 14.7 Å². The number of carbonyl (C=O) groups excluding carboxylic acids is 2. The molecule has 0 fully saturated rings. The van der Waals surface area contributed by atoms with Gasteiger partial charge in [-0.3, -0.25) is 9.59 Å². The van der Waals surface area contributed by atoms with Crippen molar-refractivity contribution in [3.05, 3.63) is 29.8 Å². The Bertz CT molecular complexity index is 484. The fraction of sp³-hybridized carbons (Fsp3) is 0.500. The number of para-hydroxylation sites is 1. The first-order chi connectivity index (χ1) is 9.90. The monoisotopic (exact) mass is 292 g/mol. The molecule has 116 valence electrons. The van der Waals surface area contributed by atoms with E-state index in [-0.39, 0.29) is 18.4 Å². The number of carbonyl (C=O) groups is 2. The van der Waals surface area contributed by atoms with E-state index in [2.05, 4.69) is 10.6 Å². The van der Waals surface area contributed by atoms with E-state index < -0.39 is 6.10 Å². The average Bonchev–Trinajstić information content (AvgIpc) is 2.43. The molecule has 5 nitrogen and oxygen atoms in total. The molecule has 0 radical (unpaired) electrons. The number of nitrogens with one attached hydrogen (secondary N) is 2. The van der Waals surface area contributed by atoms with E-state index in [4.69, 9.17) is 0 Å². The molecule has 2 amide bonds. The Hall–Kier alpha value is -1.88. The van der Waals surface area contributed by atoms with E-state index in [1.165, 1.54) is 0 Å². The predicted molar refractivity (Wildman–Crippen MR) is 82.8 cm³/mol.